The fourth-order valence-corrected chi connectivity index (χ4v) is 2.55. The van der Waals surface area contributed by atoms with E-state index in [4.69, 9.17) is 10.2 Å². The number of aliphatic hydroxyl groups excluding tert-OH is 1. The van der Waals surface area contributed by atoms with E-state index < -0.39 is 11.9 Å². The van der Waals surface area contributed by atoms with Crippen LogP contribution in [0.5, 0.6) is 0 Å². The molecule has 6 heteroatoms. The number of carboxylic acids is 1. The molecule has 0 radical (unpaired) electrons. The highest BCUT2D eigenvalue weighted by Gasteiger charge is 2.31. The van der Waals surface area contributed by atoms with Gasteiger partial charge in [0.25, 0.3) is 0 Å². The number of piperidine rings is 1. The third-order valence-electron chi connectivity index (χ3n) is 3.76. The molecule has 0 saturated carbocycles. The number of nitrogens with one attached hydrogen (secondary N) is 1. The lowest BCUT2D eigenvalue weighted by Crippen LogP contribution is -2.49. The van der Waals surface area contributed by atoms with Crippen molar-refractivity contribution in [3.63, 3.8) is 0 Å². The fourth-order valence-electron chi connectivity index (χ4n) is 2.55. The quantitative estimate of drug-likeness (QED) is 0.639. The molecule has 1 saturated heterocycles. The van der Waals surface area contributed by atoms with Crippen LogP contribution in [0.25, 0.3) is 0 Å². The molecule has 1 heterocycles. The van der Waals surface area contributed by atoms with Crippen molar-refractivity contribution >= 4 is 12.0 Å². The SMILES string of the molecule is CC(CO)CCCNC(=O)N1CC(C)CC(C(=O)O)C1. The van der Waals surface area contributed by atoms with Gasteiger partial charge in [-0.25, -0.2) is 4.79 Å². The second kappa shape index (κ2) is 8.09. The average Bonchev–Trinajstić information content (AvgIpc) is 2.42. The van der Waals surface area contributed by atoms with Gasteiger partial charge in [0.05, 0.1) is 5.92 Å². The number of carbonyl (C=O) groups is 2. The molecule has 0 bridgehead atoms. The van der Waals surface area contributed by atoms with Gasteiger partial charge >= 0.3 is 12.0 Å². The summed E-state index contributed by atoms with van der Waals surface area (Å²) in [6, 6.07) is -0.181. The Labute approximate surface area is 120 Å². The van der Waals surface area contributed by atoms with Gasteiger partial charge in [-0.1, -0.05) is 13.8 Å². The first-order chi connectivity index (χ1) is 9.43. The molecule has 1 aliphatic heterocycles. The molecule has 1 fully saturated rings. The molecule has 0 aromatic carbocycles. The summed E-state index contributed by atoms with van der Waals surface area (Å²) < 4.78 is 0. The summed E-state index contributed by atoms with van der Waals surface area (Å²) in [5.41, 5.74) is 0. The van der Waals surface area contributed by atoms with E-state index in [9.17, 15) is 9.59 Å². The standard InChI is InChI=1S/C14H26N2O4/c1-10(9-17)4-3-5-15-14(20)16-7-11(2)6-12(8-16)13(18)19/h10-12,17H,3-9H2,1-2H3,(H,15,20)(H,18,19). The van der Waals surface area contributed by atoms with Crippen LogP contribution >= 0.6 is 0 Å². The van der Waals surface area contributed by atoms with Gasteiger partial charge in [-0.05, 0) is 31.1 Å². The van der Waals surface area contributed by atoms with Crippen molar-refractivity contribution in [2.45, 2.75) is 33.1 Å². The van der Waals surface area contributed by atoms with Gasteiger partial charge in [-0.3, -0.25) is 4.79 Å². The highest BCUT2D eigenvalue weighted by atomic mass is 16.4. The largest absolute Gasteiger partial charge is 0.481 e. The Hall–Kier alpha value is -1.30. The molecule has 3 unspecified atom stereocenters. The number of nitrogens with zero attached hydrogens (tertiary/aromatic N) is 1. The maximum Gasteiger partial charge on any atom is 0.317 e. The third kappa shape index (κ3) is 5.36. The van der Waals surface area contributed by atoms with Crippen molar-refractivity contribution < 1.29 is 19.8 Å². The van der Waals surface area contributed by atoms with Gasteiger partial charge in [0, 0.05) is 26.2 Å². The lowest BCUT2D eigenvalue weighted by Gasteiger charge is -2.34. The highest BCUT2D eigenvalue weighted by Crippen LogP contribution is 2.21. The number of carbonyl (C=O) groups excluding carboxylic acids is 1. The molecule has 0 spiro atoms. The van der Waals surface area contributed by atoms with Gasteiger partial charge < -0.3 is 20.4 Å². The maximum atomic E-state index is 12.0. The van der Waals surface area contributed by atoms with Gasteiger partial charge in [0.1, 0.15) is 0 Å². The zero-order chi connectivity index (χ0) is 15.1. The Bertz CT molecular complexity index is 335. The average molecular weight is 286 g/mol. The number of hydrogen-bond acceptors (Lipinski definition) is 3. The maximum absolute atomic E-state index is 12.0. The van der Waals surface area contributed by atoms with Crippen LogP contribution in [0.4, 0.5) is 4.79 Å². The van der Waals surface area contributed by atoms with Crippen molar-refractivity contribution in [3.8, 4) is 0 Å². The third-order valence-corrected chi connectivity index (χ3v) is 3.76. The minimum absolute atomic E-state index is 0.165. The Kier molecular flexibility index (Phi) is 6.78. The summed E-state index contributed by atoms with van der Waals surface area (Å²) in [5.74, 6) is -0.826. The normalized spacial score (nSPS) is 24.2. The van der Waals surface area contributed by atoms with Crippen LogP contribution in [0, 0.1) is 17.8 Å². The van der Waals surface area contributed by atoms with E-state index in [2.05, 4.69) is 5.32 Å². The van der Waals surface area contributed by atoms with Crippen LogP contribution in [0.15, 0.2) is 0 Å². The molecule has 1 rings (SSSR count). The van der Waals surface area contributed by atoms with Gasteiger partial charge in [-0.2, -0.15) is 0 Å². The molecule has 2 amide bonds. The Morgan fingerprint density at radius 2 is 2.10 bits per heavy atom. The highest BCUT2D eigenvalue weighted by molar-refractivity contribution is 5.76. The van der Waals surface area contributed by atoms with Gasteiger partial charge in [0.2, 0.25) is 0 Å². The van der Waals surface area contributed by atoms with E-state index in [-0.39, 0.29) is 24.5 Å². The first-order valence-corrected chi connectivity index (χ1v) is 7.30. The number of carboxylic acid groups (broad SMARTS) is 1. The lowest BCUT2D eigenvalue weighted by molar-refractivity contribution is -0.143. The van der Waals surface area contributed by atoms with Gasteiger partial charge in [0.15, 0.2) is 0 Å². The molecule has 0 aromatic heterocycles. The number of aliphatic hydroxyl groups is 1. The van der Waals surface area contributed by atoms with Crippen molar-refractivity contribution in [1.29, 1.82) is 0 Å². The van der Waals surface area contributed by atoms with E-state index >= 15 is 0 Å². The minimum Gasteiger partial charge on any atom is -0.481 e. The molecule has 1 aliphatic rings. The van der Waals surface area contributed by atoms with Crippen molar-refractivity contribution in [1.82, 2.24) is 10.2 Å². The Morgan fingerprint density at radius 1 is 1.40 bits per heavy atom. The molecule has 20 heavy (non-hydrogen) atoms. The molecule has 0 aromatic rings. The number of hydrogen-bond donors (Lipinski definition) is 3. The number of urea groups is 1. The number of amides is 2. The van der Waals surface area contributed by atoms with Crippen LogP contribution in [0.3, 0.4) is 0 Å². The monoisotopic (exact) mass is 286 g/mol. The zero-order valence-corrected chi connectivity index (χ0v) is 12.3. The summed E-state index contributed by atoms with van der Waals surface area (Å²) in [7, 11) is 0. The van der Waals surface area contributed by atoms with E-state index in [0.717, 1.165) is 12.8 Å². The summed E-state index contributed by atoms with van der Waals surface area (Å²) >= 11 is 0. The van der Waals surface area contributed by atoms with E-state index in [1.807, 2.05) is 13.8 Å². The summed E-state index contributed by atoms with van der Waals surface area (Å²) in [6.07, 6.45) is 2.32. The number of aliphatic carboxylic acids is 1. The summed E-state index contributed by atoms with van der Waals surface area (Å²) in [6.45, 7) is 5.56. The smallest absolute Gasteiger partial charge is 0.317 e. The second-order valence-corrected chi connectivity index (χ2v) is 5.94. The fraction of sp³-hybridized carbons (Fsp3) is 0.857. The second-order valence-electron chi connectivity index (χ2n) is 5.94. The number of likely N-dealkylation sites (tertiary alicyclic amines) is 1. The minimum atomic E-state index is -0.828. The molecular weight excluding hydrogens is 260 g/mol. The molecule has 116 valence electrons. The molecule has 3 atom stereocenters. The molecule has 0 aliphatic carbocycles. The van der Waals surface area contributed by atoms with E-state index in [1.165, 1.54) is 0 Å². The predicted octanol–water partition coefficient (Wildman–Crippen LogP) is 1.15. The lowest BCUT2D eigenvalue weighted by atomic mass is 9.91. The first-order valence-electron chi connectivity index (χ1n) is 7.30. The molecule has 6 nitrogen and oxygen atoms in total. The Morgan fingerprint density at radius 3 is 2.70 bits per heavy atom. The van der Waals surface area contributed by atoms with Crippen LogP contribution in [-0.4, -0.2) is 53.4 Å². The topological polar surface area (TPSA) is 89.9 Å². The van der Waals surface area contributed by atoms with Crippen molar-refractivity contribution in [2.24, 2.45) is 17.8 Å². The zero-order valence-electron chi connectivity index (χ0n) is 12.3. The van der Waals surface area contributed by atoms with Crippen LogP contribution in [0.1, 0.15) is 33.1 Å². The van der Waals surface area contributed by atoms with Crippen LogP contribution in [-0.2, 0) is 4.79 Å². The Balaban J connectivity index is 2.33. The summed E-state index contributed by atoms with van der Waals surface area (Å²) in [5, 5.41) is 20.8. The summed E-state index contributed by atoms with van der Waals surface area (Å²) in [4.78, 5) is 24.7. The van der Waals surface area contributed by atoms with E-state index in [0.29, 0.717) is 26.1 Å². The predicted molar refractivity (Wildman–Crippen MR) is 75.4 cm³/mol. The van der Waals surface area contributed by atoms with Crippen LogP contribution in [0.2, 0.25) is 0 Å². The van der Waals surface area contributed by atoms with Crippen molar-refractivity contribution in [3.05, 3.63) is 0 Å². The van der Waals surface area contributed by atoms with Crippen LogP contribution < -0.4 is 5.32 Å². The van der Waals surface area contributed by atoms with E-state index in [1.54, 1.807) is 4.90 Å². The molecular formula is C14H26N2O4. The molecule has 3 N–H and O–H groups in total. The van der Waals surface area contributed by atoms with Crippen molar-refractivity contribution in [2.75, 3.05) is 26.2 Å². The number of rotatable bonds is 6. The first kappa shape index (κ1) is 16.8. The van der Waals surface area contributed by atoms with Gasteiger partial charge in [-0.15, -0.1) is 0 Å².